The SMILES string of the molecule is O=C1/C(=C/c2ccc(SC(F)(F)F)cc2)Cc2c(F)cc(Br)cc21. The summed E-state index contributed by atoms with van der Waals surface area (Å²) in [5.41, 5.74) is -2.67. The minimum absolute atomic E-state index is 0.0701. The zero-order valence-corrected chi connectivity index (χ0v) is 14.4. The Balaban J connectivity index is 1.86. The van der Waals surface area contributed by atoms with Gasteiger partial charge in [0.05, 0.1) is 0 Å². The minimum Gasteiger partial charge on any atom is -0.289 e. The van der Waals surface area contributed by atoms with Gasteiger partial charge in [-0.05, 0) is 47.7 Å². The molecule has 0 heterocycles. The number of carbonyl (C=O) groups excluding carboxylic acids is 1. The van der Waals surface area contributed by atoms with Gasteiger partial charge < -0.3 is 0 Å². The first-order valence-electron chi connectivity index (χ1n) is 6.82. The van der Waals surface area contributed by atoms with Gasteiger partial charge in [-0.15, -0.1) is 0 Å². The fourth-order valence-corrected chi connectivity index (χ4v) is 3.48. The molecule has 2 aromatic rings. The van der Waals surface area contributed by atoms with Crippen molar-refractivity contribution in [1.29, 1.82) is 0 Å². The largest absolute Gasteiger partial charge is 0.446 e. The standard InChI is InChI=1S/C17H9BrF4OS/c18-11-7-14-13(15(19)8-11)6-10(16(14)23)5-9-1-3-12(4-2-9)24-17(20,21)22/h1-5,7-8H,6H2/b10-5+. The van der Waals surface area contributed by atoms with Crippen molar-refractivity contribution < 1.29 is 22.4 Å². The van der Waals surface area contributed by atoms with E-state index in [0.29, 0.717) is 26.7 Å². The summed E-state index contributed by atoms with van der Waals surface area (Å²) in [6, 6.07) is 8.57. The average molecular weight is 417 g/mol. The molecule has 0 aliphatic heterocycles. The number of ketones is 1. The Morgan fingerprint density at radius 1 is 1.12 bits per heavy atom. The number of Topliss-reactive ketones (excluding diaryl/α,β-unsaturated/α-hetero) is 1. The predicted molar refractivity (Wildman–Crippen MR) is 88.5 cm³/mol. The molecule has 1 nitrogen and oxygen atoms in total. The van der Waals surface area contributed by atoms with Gasteiger partial charge in [-0.25, -0.2) is 4.39 Å². The number of halogens is 5. The quantitative estimate of drug-likeness (QED) is 0.338. The molecule has 0 saturated heterocycles. The second-order valence-electron chi connectivity index (χ2n) is 5.21. The van der Waals surface area contributed by atoms with Crippen LogP contribution in [-0.4, -0.2) is 11.3 Å². The Hall–Kier alpha value is -1.60. The van der Waals surface area contributed by atoms with Crippen LogP contribution < -0.4 is 0 Å². The summed E-state index contributed by atoms with van der Waals surface area (Å²) in [6.45, 7) is 0. The Bertz CT molecular complexity index is 841. The van der Waals surface area contributed by atoms with Gasteiger partial charge in [0, 0.05) is 32.5 Å². The monoisotopic (exact) mass is 416 g/mol. The van der Waals surface area contributed by atoms with E-state index in [-0.39, 0.29) is 28.9 Å². The lowest BCUT2D eigenvalue weighted by atomic mass is 10.1. The van der Waals surface area contributed by atoms with Crippen LogP contribution in [0.25, 0.3) is 6.08 Å². The fourth-order valence-electron chi connectivity index (χ4n) is 2.51. The second-order valence-corrected chi connectivity index (χ2v) is 7.26. The van der Waals surface area contributed by atoms with E-state index in [1.165, 1.54) is 30.3 Å². The van der Waals surface area contributed by atoms with Crippen LogP contribution in [0.2, 0.25) is 0 Å². The van der Waals surface area contributed by atoms with Crippen molar-refractivity contribution in [2.75, 3.05) is 0 Å². The van der Waals surface area contributed by atoms with Crippen LogP contribution in [0.15, 0.2) is 51.3 Å². The van der Waals surface area contributed by atoms with Gasteiger partial charge in [-0.2, -0.15) is 13.2 Å². The Kier molecular flexibility index (Phi) is 4.57. The second kappa shape index (κ2) is 6.37. The molecule has 124 valence electrons. The summed E-state index contributed by atoms with van der Waals surface area (Å²) in [7, 11) is 0. The number of carbonyl (C=O) groups is 1. The summed E-state index contributed by atoms with van der Waals surface area (Å²) in [4.78, 5) is 12.4. The number of benzene rings is 2. The van der Waals surface area contributed by atoms with Gasteiger partial charge in [0.2, 0.25) is 0 Å². The molecule has 0 N–H and O–H groups in total. The third-order valence-electron chi connectivity index (χ3n) is 3.52. The third-order valence-corrected chi connectivity index (χ3v) is 4.72. The summed E-state index contributed by atoms with van der Waals surface area (Å²) >= 11 is 2.96. The lowest BCUT2D eigenvalue weighted by molar-refractivity contribution is -0.0328. The normalized spacial score (nSPS) is 15.9. The van der Waals surface area contributed by atoms with Gasteiger partial charge >= 0.3 is 5.51 Å². The summed E-state index contributed by atoms with van der Waals surface area (Å²) in [5, 5.41) is 0. The van der Waals surface area contributed by atoms with E-state index in [4.69, 9.17) is 0 Å². The lowest BCUT2D eigenvalue weighted by Crippen LogP contribution is -1.98. The number of allylic oxidation sites excluding steroid dienone is 1. The van der Waals surface area contributed by atoms with Gasteiger partial charge in [0.1, 0.15) is 5.82 Å². The summed E-state index contributed by atoms with van der Waals surface area (Å²) in [5.74, 6) is -0.716. The van der Waals surface area contributed by atoms with Crippen LogP contribution in [0.1, 0.15) is 21.5 Å². The van der Waals surface area contributed by atoms with Crippen LogP contribution >= 0.6 is 27.7 Å². The number of alkyl halides is 3. The molecule has 0 amide bonds. The number of rotatable bonds is 2. The topological polar surface area (TPSA) is 17.1 Å². The van der Waals surface area contributed by atoms with Crippen LogP contribution in [0.5, 0.6) is 0 Å². The molecule has 0 unspecified atom stereocenters. The van der Waals surface area contributed by atoms with E-state index in [0.717, 1.165) is 0 Å². The number of hydrogen-bond donors (Lipinski definition) is 0. The molecule has 2 aromatic carbocycles. The molecule has 1 aliphatic rings. The van der Waals surface area contributed by atoms with Crippen LogP contribution in [-0.2, 0) is 6.42 Å². The maximum atomic E-state index is 13.9. The summed E-state index contributed by atoms with van der Waals surface area (Å²) < 4.78 is 51.3. The Morgan fingerprint density at radius 3 is 2.42 bits per heavy atom. The van der Waals surface area contributed by atoms with Gasteiger partial charge in [-0.3, -0.25) is 4.79 Å². The molecular weight excluding hydrogens is 408 g/mol. The van der Waals surface area contributed by atoms with Crippen molar-refractivity contribution in [2.24, 2.45) is 0 Å². The summed E-state index contributed by atoms with van der Waals surface area (Å²) in [6.07, 6.45) is 1.75. The van der Waals surface area contributed by atoms with E-state index in [1.54, 1.807) is 12.1 Å². The molecule has 0 aromatic heterocycles. The Labute approximate surface area is 147 Å². The smallest absolute Gasteiger partial charge is 0.289 e. The molecule has 3 rings (SSSR count). The number of thioether (sulfide) groups is 1. The van der Waals surface area contributed by atoms with Crippen molar-refractivity contribution in [3.05, 3.63) is 69.0 Å². The van der Waals surface area contributed by atoms with Crippen LogP contribution in [0.3, 0.4) is 0 Å². The van der Waals surface area contributed by atoms with E-state index in [2.05, 4.69) is 15.9 Å². The molecule has 24 heavy (non-hydrogen) atoms. The van der Waals surface area contributed by atoms with Crippen molar-refractivity contribution in [1.82, 2.24) is 0 Å². The van der Waals surface area contributed by atoms with Crippen LogP contribution in [0, 0.1) is 5.82 Å². The molecule has 0 radical (unpaired) electrons. The molecule has 7 heteroatoms. The zero-order chi connectivity index (χ0) is 17.5. The molecule has 0 bridgehead atoms. The first kappa shape index (κ1) is 17.2. The van der Waals surface area contributed by atoms with Crippen molar-refractivity contribution in [2.45, 2.75) is 16.8 Å². The van der Waals surface area contributed by atoms with Crippen molar-refractivity contribution >= 4 is 39.6 Å². The van der Waals surface area contributed by atoms with Crippen LogP contribution in [0.4, 0.5) is 17.6 Å². The third kappa shape index (κ3) is 3.72. The van der Waals surface area contributed by atoms with Crippen molar-refractivity contribution in [3.63, 3.8) is 0 Å². The maximum Gasteiger partial charge on any atom is 0.446 e. The first-order chi connectivity index (χ1) is 11.2. The highest BCUT2D eigenvalue weighted by atomic mass is 79.9. The van der Waals surface area contributed by atoms with E-state index in [9.17, 15) is 22.4 Å². The molecule has 0 fully saturated rings. The van der Waals surface area contributed by atoms with E-state index in [1.807, 2.05) is 0 Å². The minimum atomic E-state index is -4.34. The predicted octanol–water partition coefficient (Wildman–Crippen LogP) is 6.02. The number of fused-ring (bicyclic) bond motifs is 1. The molecule has 0 spiro atoms. The molecule has 0 saturated carbocycles. The van der Waals surface area contributed by atoms with E-state index >= 15 is 0 Å². The van der Waals surface area contributed by atoms with Gasteiger partial charge in [-0.1, -0.05) is 28.1 Å². The highest BCUT2D eigenvalue weighted by Crippen LogP contribution is 2.37. The molecule has 1 aliphatic carbocycles. The first-order valence-corrected chi connectivity index (χ1v) is 8.43. The van der Waals surface area contributed by atoms with Gasteiger partial charge in [0.15, 0.2) is 5.78 Å². The molecular formula is C17H9BrF4OS. The fraction of sp³-hybridized carbons (Fsp3) is 0.118. The lowest BCUT2D eigenvalue weighted by Gasteiger charge is -2.05. The Morgan fingerprint density at radius 2 is 1.79 bits per heavy atom. The number of hydrogen-bond acceptors (Lipinski definition) is 2. The van der Waals surface area contributed by atoms with Crippen molar-refractivity contribution in [3.8, 4) is 0 Å². The zero-order valence-electron chi connectivity index (χ0n) is 12.0. The van der Waals surface area contributed by atoms with Gasteiger partial charge in [0.25, 0.3) is 0 Å². The maximum absolute atomic E-state index is 13.9. The highest BCUT2D eigenvalue weighted by Gasteiger charge is 2.29. The van der Waals surface area contributed by atoms with E-state index < -0.39 is 11.3 Å². The average Bonchev–Trinajstić information content (AvgIpc) is 2.77. The highest BCUT2D eigenvalue weighted by molar-refractivity contribution is 9.10. The molecule has 0 atom stereocenters.